The van der Waals surface area contributed by atoms with Gasteiger partial charge in [-0.1, -0.05) is 35.5 Å². The summed E-state index contributed by atoms with van der Waals surface area (Å²) in [6.45, 7) is 0.248. The average molecular weight is 360 g/mol. The van der Waals surface area contributed by atoms with Crippen LogP contribution in [0.15, 0.2) is 76.2 Å². The molecule has 7 nitrogen and oxygen atoms in total. The van der Waals surface area contributed by atoms with E-state index in [1.54, 1.807) is 22.9 Å². The first-order valence-electron chi connectivity index (χ1n) is 8.43. The van der Waals surface area contributed by atoms with Gasteiger partial charge in [0.05, 0.1) is 12.1 Å². The molecule has 0 aliphatic rings. The molecular formula is C20H16N4O3. The van der Waals surface area contributed by atoms with Crippen LogP contribution >= 0.6 is 0 Å². The number of amides is 1. The Hall–Kier alpha value is -3.74. The number of benzene rings is 2. The summed E-state index contributed by atoms with van der Waals surface area (Å²) in [7, 11) is 0. The van der Waals surface area contributed by atoms with Gasteiger partial charge in [0.25, 0.3) is 5.89 Å². The normalized spacial score (nSPS) is 10.8. The maximum atomic E-state index is 12.3. The van der Waals surface area contributed by atoms with Gasteiger partial charge < -0.3 is 14.4 Å². The third-order valence-electron chi connectivity index (χ3n) is 4.13. The van der Waals surface area contributed by atoms with E-state index >= 15 is 0 Å². The first-order valence-corrected chi connectivity index (χ1v) is 8.43. The van der Waals surface area contributed by atoms with Crippen LogP contribution in [0, 0.1) is 0 Å². The van der Waals surface area contributed by atoms with Gasteiger partial charge in [0.2, 0.25) is 5.91 Å². The molecule has 27 heavy (non-hydrogen) atoms. The second kappa shape index (κ2) is 7.25. The van der Waals surface area contributed by atoms with E-state index in [0.717, 1.165) is 5.56 Å². The van der Waals surface area contributed by atoms with Crippen molar-refractivity contribution in [3.05, 3.63) is 82.9 Å². The van der Waals surface area contributed by atoms with E-state index in [4.69, 9.17) is 4.52 Å². The predicted octanol–water partition coefficient (Wildman–Crippen LogP) is 2.37. The number of hydrogen-bond acceptors (Lipinski definition) is 5. The fraction of sp³-hybridized carbons (Fsp3) is 0.100. The van der Waals surface area contributed by atoms with Crippen molar-refractivity contribution in [3.63, 3.8) is 0 Å². The molecule has 0 aliphatic carbocycles. The minimum Gasteiger partial charge on any atom is -0.347 e. The van der Waals surface area contributed by atoms with Crippen LogP contribution in [-0.4, -0.2) is 20.6 Å². The summed E-state index contributed by atoms with van der Waals surface area (Å²) in [5.41, 5.74) is 1.47. The topological polar surface area (TPSA) is 90.0 Å². The summed E-state index contributed by atoms with van der Waals surface area (Å²) in [6.07, 6.45) is 1.62. The molecule has 0 saturated carbocycles. The van der Waals surface area contributed by atoms with Gasteiger partial charge in [0.1, 0.15) is 6.54 Å². The molecule has 4 rings (SSSR count). The Morgan fingerprint density at radius 1 is 1.04 bits per heavy atom. The number of pyridine rings is 1. The number of para-hydroxylation sites is 1. The molecule has 1 N–H and O–H groups in total. The number of nitrogens with zero attached hydrogens (tertiary/aromatic N) is 3. The van der Waals surface area contributed by atoms with Crippen molar-refractivity contribution < 1.29 is 9.32 Å². The Kier molecular flexibility index (Phi) is 4.49. The molecular weight excluding hydrogens is 344 g/mol. The molecule has 0 atom stereocenters. The van der Waals surface area contributed by atoms with Gasteiger partial charge in [-0.05, 0) is 24.3 Å². The minimum atomic E-state index is -0.213. The van der Waals surface area contributed by atoms with Crippen molar-refractivity contribution >= 4 is 16.8 Å². The molecule has 2 heterocycles. The minimum absolute atomic E-state index is 0.0671. The van der Waals surface area contributed by atoms with E-state index in [0.29, 0.717) is 22.6 Å². The van der Waals surface area contributed by atoms with Gasteiger partial charge in [-0.2, -0.15) is 4.98 Å². The maximum absolute atomic E-state index is 12.3. The molecule has 0 fully saturated rings. The zero-order valence-electron chi connectivity index (χ0n) is 14.3. The van der Waals surface area contributed by atoms with Crippen molar-refractivity contribution in [2.75, 3.05) is 0 Å². The SMILES string of the molecule is O=C(Cn1ccc(=O)c2ccccc21)NCc1noc(-c2ccccc2)n1. The summed E-state index contributed by atoms with van der Waals surface area (Å²) in [5, 5.41) is 7.23. The molecule has 4 aromatic rings. The largest absolute Gasteiger partial charge is 0.347 e. The quantitative estimate of drug-likeness (QED) is 0.590. The molecule has 2 aromatic carbocycles. The molecule has 0 spiro atoms. The first-order chi connectivity index (χ1) is 13.2. The first kappa shape index (κ1) is 16.7. The smallest absolute Gasteiger partial charge is 0.257 e. The second-order valence-corrected chi connectivity index (χ2v) is 5.98. The van der Waals surface area contributed by atoms with Crippen LogP contribution in [0.25, 0.3) is 22.4 Å². The van der Waals surface area contributed by atoms with Crippen molar-refractivity contribution in [3.8, 4) is 11.5 Å². The highest BCUT2D eigenvalue weighted by Gasteiger charge is 2.11. The summed E-state index contributed by atoms with van der Waals surface area (Å²) in [5.74, 6) is 0.591. The Bertz CT molecular complexity index is 1150. The Balaban J connectivity index is 1.43. The van der Waals surface area contributed by atoms with Gasteiger partial charge in [-0.3, -0.25) is 9.59 Å². The highest BCUT2D eigenvalue weighted by molar-refractivity contribution is 5.82. The van der Waals surface area contributed by atoms with Gasteiger partial charge >= 0.3 is 0 Å². The lowest BCUT2D eigenvalue weighted by atomic mass is 10.2. The van der Waals surface area contributed by atoms with Crippen LogP contribution < -0.4 is 10.7 Å². The third kappa shape index (κ3) is 3.62. The van der Waals surface area contributed by atoms with Crippen molar-refractivity contribution in [1.82, 2.24) is 20.0 Å². The van der Waals surface area contributed by atoms with E-state index in [1.807, 2.05) is 42.5 Å². The van der Waals surface area contributed by atoms with Crippen LogP contribution in [0.3, 0.4) is 0 Å². The fourth-order valence-electron chi connectivity index (χ4n) is 2.81. The molecule has 0 saturated heterocycles. The number of hydrogen-bond donors (Lipinski definition) is 1. The number of carbonyl (C=O) groups excluding carboxylic acids is 1. The van der Waals surface area contributed by atoms with Crippen molar-refractivity contribution in [2.24, 2.45) is 0 Å². The molecule has 0 radical (unpaired) electrons. The van der Waals surface area contributed by atoms with E-state index < -0.39 is 0 Å². The van der Waals surface area contributed by atoms with E-state index in [9.17, 15) is 9.59 Å². The molecule has 0 bridgehead atoms. The lowest BCUT2D eigenvalue weighted by Crippen LogP contribution is -2.28. The molecule has 7 heteroatoms. The summed E-state index contributed by atoms with van der Waals surface area (Å²) in [6, 6.07) is 18.1. The second-order valence-electron chi connectivity index (χ2n) is 5.98. The predicted molar refractivity (Wildman–Crippen MR) is 99.8 cm³/mol. The lowest BCUT2D eigenvalue weighted by Gasteiger charge is -2.10. The van der Waals surface area contributed by atoms with Crippen LogP contribution in [0.4, 0.5) is 0 Å². The number of carbonyl (C=O) groups is 1. The molecule has 1 amide bonds. The number of aromatic nitrogens is 3. The maximum Gasteiger partial charge on any atom is 0.257 e. The molecule has 134 valence electrons. The number of nitrogens with one attached hydrogen (secondary N) is 1. The highest BCUT2D eigenvalue weighted by Crippen LogP contribution is 2.16. The van der Waals surface area contributed by atoms with Crippen molar-refractivity contribution in [1.29, 1.82) is 0 Å². The fourth-order valence-corrected chi connectivity index (χ4v) is 2.81. The zero-order chi connectivity index (χ0) is 18.6. The Labute approximate surface area is 154 Å². The van der Waals surface area contributed by atoms with Crippen LogP contribution in [0.2, 0.25) is 0 Å². The monoisotopic (exact) mass is 360 g/mol. The van der Waals surface area contributed by atoms with E-state index in [2.05, 4.69) is 15.5 Å². The molecule has 0 aliphatic heterocycles. The van der Waals surface area contributed by atoms with E-state index in [1.165, 1.54) is 6.07 Å². The zero-order valence-corrected chi connectivity index (χ0v) is 14.3. The Morgan fingerprint density at radius 2 is 1.81 bits per heavy atom. The van der Waals surface area contributed by atoms with Gasteiger partial charge in [0, 0.05) is 23.2 Å². The average Bonchev–Trinajstić information content (AvgIpc) is 3.19. The number of rotatable bonds is 5. The van der Waals surface area contributed by atoms with Crippen LogP contribution in [0.1, 0.15) is 5.82 Å². The Morgan fingerprint density at radius 3 is 2.67 bits per heavy atom. The van der Waals surface area contributed by atoms with Crippen LogP contribution in [-0.2, 0) is 17.9 Å². The molecule has 0 unspecified atom stereocenters. The standard InChI is InChI=1S/C20H16N4O3/c25-17-10-11-24(16-9-5-4-8-15(16)17)13-19(26)21-12-18-22-20(27-23-18)14-6-2-1-3-7-14/h1-11H,12-13H2,(H,21,26). The lowest BCUT2D eigenvalue weighted by molar-refractivity contribution is -0.121. The summed E-state index contributed by atoms with van der Waals surface area (Å²) >= 11 is 0. The van der Waals surface area contributed by atoms with Crippen molar-refractivity contribution in [2.45, 2.75) is 13.1 Å². The van der Waals surface area contributed by atoms with Crippen LogP contribution in [0.5, 0.6) is 0 Å². The van der Waals surface area contributed by atoms with Gasteiger partial charge in [-0.25, -0.2) is 0 Å². The highest BCUT2D eigenvalue weighted by atomic mass is 16.5. The van der Waals surface area contributed by atoms with Gasteiger partial charge in [0.15, 0.2) is 11.3 Å². The van der Waals surface area contributed by atoms with Gasteiger partial charge in [-0.15, -0.1) is 0 Å². The number of fused-ring (bicyclic) bond motifs is 1. The summed E-state index contributed by atoms with van der Waals surface area (Å²) < 4.78 is 6.95. The third-order valence-corrected chi connectivity index (χ3v) is 4.13. The molecule has 2 aromatic heterocycles. The summed E-state index contributed by atoms with van der Waals surface area (Å²) in [4.78, 5) is 28.5. The van der Waals surface area contributed by atoms with E-state index in [-0.39, 0.29) is 24.4 Å².